The van der Waals surface area contributed by atoms with E-state index in [0.29, 0.717) is 24.5 Å². The first kappa shape index (κ1) is 12.0. The third kappa shape index (κ3) is 4.30. The highest BCUT2D eigenvalue weighted by atomic mass is 19.1. The Morgan fingerprint density at radius 3 is 2.67 bits per heavy atom. The summed E-state index contributed by atoms with van der Waals surface area (Å²) < 4.78 is 23.6. The molecule has 0 aromatic heterocycles. The second-order valence-corrected chi connectivity index (χ2v) is 3.37. The van der Waals surface area contributed by atoms with E-state index in [0.717, 1.165) is 13.0 Å². The van der Waals surface area contributed by atoms with E-state index in [-0.39, 0.29) is 5.82 Å². The lowest BCUT2D eigenvalue weighted by Crippen LogP contribution is -2.07. The summed E-state index contributed by atoms with van der Waals surface area (Å²) >= 11 is 0. The van der Waals surface area contributed by atoms with Crippen LogP contribution in [0.15, 0.2) is 18.2 Å². The monoisotopic (exact) mass is 212 g/mol. The van der Waals surface area contributed by atoms with Crippen molar-refractivity contribution < 1.29 is 13.9 Å². The Labute approximate surface area is 90.0 Å². The molecule has 0 saturated heterocycles. The number of rotatable bonds is 6. The summed E-state index contributed by atoms with van der Waals surface area (Å²) in [4.78, 5) is 0. The molecular formula is C12H17FO2. The van der Waals surface area contributed by atoms with Crippen molar-refractivity contribution in [3.05, 3.63) is 29.6 Å². The fourth-order valence-electron chi connectivity index (χ4n) is 1.17. The summed E-state index contributed by atoms with van der Waals surface area (Å²) in [6.45, 7) is 5.61. The predicted octanol–water partition coefficient (Wildman–Crippen LogP) is 2.94. The van der Waals surface area contributed by atoms with E-state index in [1.165, 1.54) is 6.07 Å². The molecule has 0 spiro atoms. The van der Waals surface area contributed by atoms with Crippen LogP contribution in [0.2, 0.25) is 0 Å². The van der Waals surface area contributed by atoms with E-state index in [4.69, 9.17) is 9.47 Å². The van der Waals surface area contributed by atoms with E-state index in [9.17, 15) is 4.39 Å². The average Bonchev–Trinajstić information content (AvgIpc) is 2.23. The molecule has 0 aliphatic heterocycles. The molecule has 1 aromatic carbocycles. The summed E-state index contributed by atoms with van der Waals surface area (Å²) in [6.07, 6.45) is 1.01. The van der Waals surface area contributed by atoms with Crippen LogP contribution in [0.4, 0.5) is 4.39 Å². The van der Waals surface area contributed by atoms with Gasteiger partial charge >= 0.3 is 0 Å². The number of halogens is 1. The highest BCUT2D eigenvalue weighted by Crippen LogP contribution is 2.15. The standard InChI is InChI=1S/C12H17FO2/c1-3-6-14-7-8-15-11-4-5-12(13)10(2)9-11/h4-5,9H,3,6-8H2,1-2H3. The highest BCUT2D eigenvalue weighted by molar-refractivity contribution is 5.28. The lowest BCUT2D eigenvalue weighted by Gasteiger charge is -2.07. The molecule has 0 aliphatic carbocycles. The minimum absolute atomic E-state index is 0.204. The third-order valence-corrected chi connectivity index (χ3v) is 1.97. The smallest absolute Gasteiger partial charge is 0.126 e. The molecule has 84 valence electrons. The molecule has 0 fully saturated rings. The average molecular weight is 212 g/mol. The molecule has 1 aromatic rings. The zero-order valence-electron chi connectivity index (χ0n) is 9.25. The molecule has 1 rings (SSSR count). The van der Waals surface area contributed by atoms with Gasteiger partial charge in [0.1, 0.15) is 18.2 Å². The maximum absolute atomic E-state index is 12.9. The molecule has 3 heteroatoms. The molecule has 0 N–H and O–H groups in total. The second kappa shape index (κ2) is 6.40. The van der Waals surface area contributed by atoms with E-state index >= 15 is 0 Å². The molecule has 0 amide bonds. The molecule has 0 unspecified atom stereocenters. The lowest BCUT2D eigenvalue weighted by molar-refractivity contribution is 0.101. The molecule has 0 bridgehead atoms. The van der Waals surface area contributed by atoms with Gasteiger partial charge in [0.15, 0.2) is 0 Å². The van der Waals surface area contributed by atoms with E-state index in [1.807, 2.05) is 0 Å². The van der Waals surface area contributed by atoms with Crippen molar-refractivity contribution in [1.82, 2.24) is 0 Å². The van der Waals surface area contributed by atoms with Gasteiger partial charge in [-0.15, -0.1) is 0 Å². The van der Waals surface area contributed by atoms with Gasteiger partial charge in [0.2, 0.25) is 0 Å². The summed E-state index contributed by atoms with van der Waals surface area (Å²) in [6, 6.07) is 4.73. The summed E-state index contributed by atoms with van der Waals surface area (Å²) in [7, 11) is 0. The number of ether oxygens (including phenoxy) is 2. The minimum atomic E-state index is -0.204. The van der Waals surface area contributed by atoms with Crippen LogP contribution in [-0.4, -0.2) is 19.8 Å². The molecule has 0 aliphatic rings. The van der Waals surface area contributed by atoms with Crippen molar-refractivity contribution in [3.63, 3.8) is 0 Å². The van der Waals surface area contributed by atoms with Crippen LogP contribution in [0, 0.1) is 12.7 Å². The molecule has 2 nitrogen and oxygen atoms in total. The van der Waals surface area contributed by atoms with Gasteiger partial charge in [-0.05, 0) is 37.1 Å². The number of hydrogen-bond donors (Lipinski definition) is 0. The molecule has 0 saturated carbocycles. The van der Waals surface area contributed by atoms with Crippen molar-refractivity contribution in [1.29, 1.82) is 0 Å². The van der Waals surface area contributed by atoms with Gasteiger partial charge in [-0.2, -0.15) is 0 Å². The van der Waals surface area contributed by atoms with Gasteiger partial charge in [-0.1, -0.05) is 6.92 Å². The zero-order valence-corrected chi connectivity index (χ0v) is 9.25. The van der Waals surface area contributed by atoms with Crippen LogP contribution in [0.1, 0.15) is 18.9 Å². The quantitative estimate of drug-likeness (QED) is 0.675. The van der Waals surface area contributed by atoms with E-state index in [2.05, 4.69) is 6.92 Å². The summed E-state index contributed by atoms with van der Waals surface area (Å²) in [5, 5.41) is 0. The Morgan fingerprint density at radius 2 is 2.00 bits per heavy atom. The van der Waals surface area contributed by atoms with Gasteiger partial charge in [0.05, 0.1) is 6.61 Å². The van der Waals surface area contributed by atoms with Crippen LogP contribution < -0.4 is 4.74 Å². The first-order valence-corrected chi connectivity index (χ1v) is 5.20. The Bertz CT molecular complexity index is 300. The Kier molecular flexibility index (Phi) is 5.12. The van der Waals surface area contributed by atoms with Crippen LogP contribution in [-0.2, 0) is 4.74 Å². The zero-order chi connectivity index (χ0) is 11.1. The summed E-state index contributed by atoms with van der Waals surface area (Å²) in [5.74, 6) is 0.485. The maximum atomic E-state index is 12.9. The van der Waals surface area contributed by atoms with Crippen molar-refractivity contribution >= 4 is 0 Å². The molecule has 0 atom stereocenters. The fourth-order valence-corrected chi connectivity index (χ4v) is 1.17. The third-order valence-electron chi connectivity index (χ3n) is 1.97. The number of hydrogen-bond acceptors (Lipinski definition) is 2. The van der Waals surface area contributed by atoms with Crippen molar-refractivity contribution in [2.24, 2.45) is 0 Å². The van der Waals surface area contributed by atoms with Crippen LogP contribution in [0.3, 0.4) is 0 Å². The molecule has 0 radical (unpaired) electrons. The molecule has 15 heavy (non-hydrogen) atoms. The van der Waals surface area contributed by atoms with Crippen molar-refractivity contribution in [3.8, 4) is 5.75 Å². The maximum Gasteiger partial charge on any atom is 0.126 e. The Morgan fingerprint density at radius 1 is 1.20 bits per heavy atom. The first-order chi connectivity index (χ1) is 7.24. The predicted molar refractivity (Wildman–Crippen MR) is 57.7 cm³/mol. The van der Waals surface area contributed by atoms with Crippen molar-refractivity contribution in [2.45, 2.75) is 20.3 Å². The van der Waals surface area contributed by atoms with Crippen LogP contribution in [0.25, 0.3) is 0 Å². The number of aryl methyl sites for hydroxylation is 1. The van der Waals surface area contributed by atoms with Crippen LogP contribution >= 0.6 is 0 Å². The lowest BCUT2D eigenvalue weighted by atomic mass is 10.2. The summed E-state index contributed by atoms with van der Waals surface area (Å²) in [5.41, 5.74) is 0.599. The largest absolute Gasteiger partial charge is 0.491 e. The second-order valence-electron chi connectivity index (χ2n) is 3.37. The van der Waals surface area contributed by atoms with E-state index in [1.54, 1.807) is 19.1 Å². The Balaban J connectivity index is 2.28. The van der Waals surface area contributed by atoms with Crippen molar-refractivity contribution in [2.75, 3.05) is 19.8 Å². The first-order valence-electron chi connectivity index (χ1n) is 5.20. The Hall–Kier alpha value is -1.09. The normalized spacial score (nSPS) is 10.3. The highest BCUT2D eigenvalue weighted by Gasteiger charge is 1.99. The van der Waals surface area contributed by atoms with Gasteiger partial charge in [0.25, 0.3) is 0 Å². The SMILES string of the molecule is CCCOCCOc1ccc(F)c(C)c1. The minimum Gasteiger partial charge on any atom is -0.491 e. The number of benzene rings is 1. The molecular weight excluding hydrogens is 195 g/mol. The molecule has 0 heterocycles. The fraction of sp³-hybridized carbons (Fsp3) is 0.500. The van der Waals surface area contributed by atoms with E-state index < -0.39 is 0 Å². The topological polar surface area (TPSA) is 18.5 Å². The van der Waals surface area contributed by atoms with Gasteiger partial charge < -0.3 is 9.47 Å². The van der Waals surface area contributed by atoms with Gasteiger partial charge in [0, 0.05) is 6.61 Å². The van der Waals surface area contributed by atoms with Gasteiger partial charge in [-0.3, -0.25) is 0 Å². The van der Waals surface area contributed by atoms with Gasteiger partial charge in [-0.25, -0.2) is 4.39 Å². The van der Waals surface area contributed by atoms with Crippen LogP contribution in [0.5, 0.6) is 5.75 Å².